The van der Waals surface area contributed by atoms with Crippen molar-refractivity contribution in [3.05, 3.63) is 12.2 Å². The van der Waals surface area contributed by atoms with Crippen molar-refractivity contribution in [3.63, 3.8) is 0 Å². The van der Waals surface area contributed by atoms with Gasteiger partial charge in [0.05, 0.1) is 6.61 Å². The van der Waals surface area contributed by atoms with Gasteiger partial charge in [0.15, 0.2) is 0 Å². The van der Waals surface area contributed by atoms with Gasteiger partial charge in [-0.3, -0.25) is 4.79 Å². The van der Waals surface area contributed by atoms with E-state index < -0.39 is 12.0 Å². The van der Waals surface area contributed by atoms with Crippen molar-refractivity contribution in [1.29, 1.82) is 0 Å². The smallest absolute Gasteiger partial charge is 0.327 e. The molecule has 1 aliphatic heterocycles. The van der Waals surface area contributed by atoms with E-state index in [0.717, 1.165) is 6.42 Å². The lowest BCUT2D eigenvalue weighted by molar-refractivity contribution is -0.141. The average Bonchev–Trinajstić information content (AvgIpc) is 2.12. The number of hydrogen-bond acceptors (Lipinski definition) is 3. The predicted octanol–water partition coefficient (Wildman–Crippen LogP) is -0.0793. The molecule has 0 aliphatic carbocycles. The Kier molecular flexibility index (Phi) is 2.42. The van der Waals surface area contributed by atoms with Gasteiger partial charge >= 0.3 is 5.97 Å². The number of rotatable bonds is 1. The Balaban J connectivity index is 2.49. The third kappa shape index (κ3) is 1.82. The van der Waals surface area contributed by atoms with Crippen molar-refractivity contribution in [2.24, 2.45) is 0 Å². The minimum Gasteiger partial charge on any atom is -0.480 e. The van der Waals surface area contributed by atoms with Crippen molar-refractivity contribution >= 4 is 5.97 Å². The number of hydrogen-bond donors (Lipinski definition) is 2. The third-order valence-corrected chi connectivity index (χ3v) is 1.19. The molecule has 0 spiro atoms. The molecular formula is C6H9NO3. The molecule has 0 saturated heterocycles. The third-order valence-electron chi connectivity index (χ3n) is 1.19. The van der Waals surface area contributed by atoms with E-state index in [4.69, 9.17) is 9.94 Å². The molecule has 1 rings (SSSR count). The maximum Gasteiger partial charge on any atom is 0.327 e. The number of carboxylic acid groups (broad SMARTS) is 1. The molecule has 0 amide bonds. The summed E-state index contributed by atoms with van der Waals surface area (Å²) in [6, 6.07) is -0.692. The van der Waals surface area contributed by atoms with Crippen molar-refractivity contribution in [3.8, 4) is 0 Å². The molecule has 4 nitrogen and oxygen atoms in total. The Morgan fingerprint density at radius 3 is 3.30 bits per heavy atom. The molecule has 0 saturated carbocycles. The van der Waals surface area contributed by atoms with Crippen molar-refractivity contribution in [1.82, 2.24) is 5.48 Å². The molecular weight excluding hydrogens is 134 g/mol. The topological polar surface area (TPSA) is 58.6 Å². The highest BCUT2D eigenvalue weighted by Crippen LogP contribution is 1.95. The fourth-order valence-corrected chi connectivity index (χ4v) is 0.680. The highest BCUT2D eigenvalue weighted by Gasteiger charge is 2.14. The van der Waals surface area contributed by atoms with Crippen LogP contribution in [0.1, 0.15) is 6.42 Å². The fourth-order valence-electron chi connectivity index (χ4n) is 0.680. The molecule has 0 radical (unpaired) electrons. The number of carboxylic acids is 1. The van der Waals surface area contributed by atoms with Crippen LogP contribution < -0.4 is 5.48 Å². The molecule has 0 bridgehead atoms. The number of aliphatic carboxylic acids is 1. The van der Waals surface area contributed by atoms with Crippen LogP contribution in [0.25, 0.3) is 0 Å². The number of hydroxylamine groups is 1. The largest absolute Gasteiger partial charge is 0.480 e. The number of nitrogens with one attached hydrogen (secondary N) is 1. The van der Waals surface area contributed by atoms with E-state index in [9.17, 15) is 4.79 Å². The Bertz CT molecular complexity index is 155. The number of carbonyl (C=O) groups is 1. The highest BCUT2D eigenvalue weighted by atomic mass is 16.6. The van der Waals surface area contributed by atoms with E-state index in [1.54, 1.807) is 12.2 Å². The van der Waals surface area contributed by atoms with Crippen LogP contribution in [0.2, 0.25) is 0 Å². The predicted molar refractivity (Wildman–Crippen MR) is 34.3 cm³/mol. The first-order chi connectivity index (χ1) is 4.80. The van der Waals surface area contributed by atoms with Crippen LogP contribution in [0.15, 0.2) is 12.2 Å². The Morgan fingerprint density at radius 2 is 2.60 bits per heavy atom. The summed E-state index contributed by atoms with van der Waals surface area (Å²) in [6.07, 6.45) is 4.13. The SMILES string of the molecule is O=C(O)C1C=CCCON1. The maximum absolute atomic E-state index is 10.3. The van der Waals surface area contributed by atoms with Gasteiger partial charge in [0, 0.05) is 0 Å². The second-order valence-corrected chi connectivity index (χ2v) is 2.00. The monoisotopic (exact) mass is 143 g/mol. The zero-order valence-corrected chi connectivity index (χ0v) is 5.41. The molecule has 56 valence electrons. The van der Waals surface area contributed by atoms with Gasteiger partial charge in [-0.15, -0.1) is 0 Å². The summed E-state index contributed by atoms with van der Waals surface area (Å²) in [7, 11) is 0. The van der Waals surface area contributed by atoms with E-state index in [0.29, 0.717) is 6.61 Å². The summed E-state index contributed by atoms with van der Waals surface area (Å²) in [4.78, 5) is 15.1. The zero-order valence-electron chi connectivity index (χ0n) is 5.41. The molecule has 0 fully saturated rings. The van der Waals surface area contributed by atoms with E-state index in [1.165, 1.54) is 0 Å². The standard InChI is InChI=1S/C6H9NO3/c8-6(9)5-3-1-2-4-10-7-5/h1,3,5,7H,2,4H2,(H,8,9). The van der Waals surface area contributed by atoms with Crippen molar-refractivity contribution in [2.75, 3.05) is 6.61 Å². The summed E-state index contributed by atoms with van der Waals surface area (Å²) in [5, 5.41) is 8.47. The Hall–Kier alpha value is -0.870. The van der Waals surface area contributed by atoms with Crippen LogP contribution in [-0.2, 0) is 9.63 Å². The van der Waals surface area contributed by atoms with E-state index >= 15 is 0 Å². The lowest BCUT2D eigenvalue weighted by Crippen LogP contribution is -2.33. The first kappa shape index (κ1) is 7.24. The van der Waals surface area contributed by atoms with Gasteiger partial charge in [-0.05, 0) is 6.42 Å². The Morgan fingerprint density at radius 1 is 1.80 bits per heavy atom. The molecule has 10 heavy (non-hydrogen) atoms. The van der Waals surface area contributed by atoms with E-state index in [-0.39, 0.29) is 0 Å². The van der Waals surface area contributed by atoms with Gasteiger partial charge in [0.25, 0.3) is 0 Å². The van der Waals surface area contributed by atoms with Gasteiger partial charge < -0.3 is 9.94 Å². The summed E-state index contributed by atoms with van der Waals surface area (Å²) in [5.74, 6) is -0.918. The quantitative estimate of drug-likeness (QED) is 0.504. The molecule has 4 heteroatoms. The van der Waals surface area contributed by atoms with Crippen LogP contribution in [0.3, 0.4) is 0 Å². The molecule has 0 aromatic heterocycles. The summed E-state index contributed by atoms with van der Waals surface area (Å²) in [5.41, 5.74) is 2.39. The van der Waals surface area contributed by atoms with Gasteiger partial charge in [0.2, 0.25) is 0 Å². The summed E-state index contributed by atoms with van der Waals surface area (Å²) in [6.45, 7) is 0.528. The van der Waals surface area contributed by atoms with Gasteiger partial charge in [0.1, 0.15) is 6.04 Å². The van der Waals surface area contributed by atoms with Crippen LogP contribution in [0.4, 0.5) is 0 Å². The van der Waals surface area contributed by atoms with E-state index in [1.807, 2.05) is 0 Å². The minimum absolute atomic E-state index is 0.528. The zero-order chi connectivity index (χ0) is 7.40. The first-order valence-corrected chi connectivity index (χ1v) is 3.07. The van der Waals surface area contributed by atoms with Crippen LogP contribution in [-0.4, -0.2) is 23.7 Å². The first-order valence-electron chi connectivity index (χ1n) is 3.07. The normalized spacial score (nSPS) is 25.8. The highest BCUT2D eigenvalue weighted by molar-refractivity contribution is 5.75. The molecule has 0 aromatic carbocycles. The lowest BCUT2D eigenvalue weighted by atomic mass is 10.3. The average molecular weight is 143 g/mol. The molecule has 1 heterocycles. The lowest BCUT2D eigenvalue weighted by Gasteiger charge is -2.05. The van der Waals surface area contributed by atoms with Gasteiger partial charge in [-0.25, -0.2) is 0 Å². The maximum atomic E-state index is 10.3. The molecule has 0 aromatic rings. The second kappa shape index (κ2) is 3.34. The minimum atomic E-state index is -0.918. The van der Waals surface area contributed by atoms with Crippen molar-refractivity contribution in [2.45, 2.75) is 12.5 Å². The second-order valence-electron chi connectivity index (χ2n) is 2.00. The van der Waals surface area contributed by atoms with E-state index in [2.05, 4.69) is 5.48 Å². The fraction of sp³-hybridized carbons (Fsp3) is 0.500. The van der Waals surface area contributed by atoms with Crippen molar-refractivity contribution < 1.29 is 14.7 Å². The van der Waals surface area contributed by atoms with Crippen LogP contribution in [0, 0.1) is 0 Å². The Labute approximate surface area is 58.4 Å². The summed E-state index contributed by atoms with van der Waals surface area (Å²) >= 11 is 0. The van der Waals surface area contributed by atoms with Gasteiger partial charge in [-0.2, -0.15) is 5.48 Å². The van der Waals surface area contributed by atoms with Crippen LogP contribution in [0.5, 0.6) is 0 Å². The molecule has 1 unspecified atom stereocenters. The molecule has 1 atom stereocenters. The summed E-state index contributed by atoms with van der Waals surface area (Å²) < 4.78 is 0. The van der Waals surface area contributed by atoms with Crippen LogP contribution >= 0.6 is 0 Å². The molecule has 2 N–H and O–H groups in total. The van der Waals surface area contributed by atoms with Gasteiger partial charge in [-0.1, -0.05) is 12.2 Å². The molecule has 1 aliphatic rings.